The number of aromatic carboxylic acids is 1. The molecule has 152 valence electrons. The van der Waals surface area contributed by atoms with Gasteiger partial charge in [0.2, 0.25) is 0 Å². The van der Waals surface area contributed by atoms with E-state index in [4.69, 9.17) is 5.11 Å². The molecule has 0 radical (unpaired) electrons. The molecule has 0 aromatic carbocycles. The summed E-state index contributed by atoms with van der Waals surface area (Å²) in [4.78, 5) is 28.8. The van der Waals surface area contributed by atoms with Gasteiger partial charge in [-0.05, 0) is 41.0 Å². The highest BCUT2D eigenvalue weighted by molar-refractivity contribution is 7.12. The van der Waals surface area contributed by atoms with Crippen LogP contribution in [0.5, 0.6) is 0 Å². The molecule has 0 fully saturated rings. The second-order valence-corrected chi connectivity index (χ2v) is 8.59. The van der Waals surface area contributed by atoms with Crippen molar-refractivity contribution in [2.24, 2.45) is 0 Å². The predicted octanol–water partition coefficient (Wildman–Crippen LogP) is 4.81. The van der Waals surface area contributed by atoms with Crippen LogP contribution in [0.2, 0.25) is 0 Å². The molecule has 0 aliphatic rings. The third-order valence-electron chi connectivity index (χ3n) is 4.47. The van der Waals surface area contributed by atoms with Crippen molar-refractivity contribution in [1.29, 1.82) is 0 Å². The van der Waals surface area contributed by atoms with Crippen molar-refractivity contribution in [3.05, 3.63) is 67.6 Å². The average Bonchev–Trinajstić information content (AvgIpc) is 3.42. The summed E-state index contributed by atoms with van der Waals surface area (Å²) in [6.07, 6.45) is 6.52. The van der Waals surface area contributed by atoms with Crippen molar-refractivity contribution in [3.8, 4) is 0 Å². The molecule has 0 unspecified atom stereocenters. The number of aliphatic carboxylic acids is 1. The molecule has 3 aromatic rings. The van der Waals surface area contributed by atoms with E-state index in [0.29, 0.717) is 24.2 Å². The van der Waals surface area contributed by atoms with Gasteiger partial charge >= 0.3 is 11.9 Å². The summed E-state index contributed by atoms with van der Waals surface area (Å²) in [6, 6.07) is 5.49. The SMILES string of the molecule is CCCCc1ncc(C=C(Cc2cccs2)C(=O)O)n1Cc1csc(C(=O)O)c1. The molecule has 3 rings (SSSR count). The van der Waals surface area contributed by atoms with E-state index in [-0.39, 0.29) is 4.88 Å². The fraction of sp³-hybridized carbons (Fsp3) is 0.286. The van der Waals surface area contributed by atoms with Gasteiger partial charge in [-0.25, -0.2) is 14.6 Å². The van der Waals surface area contributed by atoms with Crippen molar-refractivity contribution in [2.75, 3.05) is 0 Å². The summed E-state index contributed by atoms with van der Waals surface area (Å²) < 4.78 is 1.99. The van der Waals surface area contributed by atoms with E-state index in [1.807, 2.05) is 27.5 Å². The highest BCUT2D eigenvalue weighted by atomic mass is 32.1. The predicted molar refractivity (Wildman–Crippen MR) is 115 cm³/mol. The van der Waals surface area contributed by atoms with E-state index in [0.717, 1.165) is 35.5 Å². The Balaban J connectivity index is 1.94. The van der Waals surface area contributed by atoms with Crippen LogP contribution in [-0.2, 0) is 24.2 Å². The van der Waals surface area contributed by atoms with Gasteiger partial charge in [0.05, 0.1) is 18.4 Å². The highest BCUT2D eigenvalue weighted by Gasteiger charge is 2.15. The van der Waals surface area contributed by atoms with Crippen LogP contribution >= 0.6 is 22.7 Å². The summed E-state index contributed by atoms with van der Waals surface area (Å²) in [7, 11) is 0. The lowest BCUT2D eigenvalue weighted by atomic mass is 10.1. The van der Waals surface area contributed by atoms with E-state index < -0.39 is 11.9 Å². The molecule has 0 saturated carbocycles. The van der Waals surface area contributed by atoms with Gasteiger partial charge in [-0.2, -0.15) is 0 Å². The number of aromatic nitrogens is 2. The van der Waals surface area contributed by atoms with Gasteiger partial charge in [0.25, 0.3) is 0 Å². The summed E-state index contributed by atoms with van der Waals surface area (Å²) in [5, 5.41) is 22.6. The smallest absolute Gasteiger partial charge is 0.345 e. The van der Waals surface area contributed by atoms with Crippen LogP contribution in [0, 0.1) is 0 Å². The van der Waals surface area contributed by atoms with Crippen LogP contribution in [0.4, 0.5) is 0 Å². The van der Waals surface area contributed by atoms with E-state index in [9.17, 15) is 14.7 Å². The summed E-state index contributed by atoms with van der Waals surface area (Å²) >= 11 is 2.72. The monoisotopic (exact) mass is 430 g/mol. The number of imidazole rings is 1. The average molecular weight is 431 g/mol. The molecule has 29 heavy (non-hydrogen) atoms. The standard InChI is InChI=1S/C21H22N2O4S2/c1-2-3-6-19-22-11-16(9-15(20(24)25)10-17-5-4-7-28-17)23(19)12-14-8-18(21(26)27)29-13-14/h4-5,7-9,11,13H,2-3,6,10,12H2,1H3,(H,24,25)(H,26,27). The first-order valence-electron chi connectivity index (χ1n) is 9.29. The van der Waals surface area contributed by atoms with E-state index in [1.54, 1.807) is 18.3 Å². The van der Waals surface area contributed by atoms with Crippen molar-refractivity contribution in [1.82, 2.24) is 9.55 Å². The Morgan fingerprint density at radius 3 is 2.72 bits per heavy atom. The van der Waals surface area contributed by atoms with E-state index in [1.165, 1.54) is 22.7 Å². The Hall–Kier alpha value is -2.71. The molecule has 0 aliphatic heterocycles. The quantitative estimate of drug-likeness (QED) is 0.451. The maximum Gasteiger partial charge on any atom is 0.345 e. The molecular weight excluding hydrogens is 408 g/mol. The molecule has 0 atom stereocenters. The van der Waals surface area contributed by atoms with E-state index in [2.05, 4.69) is 11.9 Å². The number of unbranched alkanes of at least 4 members (excludes halogenated alkanes) is 1. The number of rotatable bonds is 10. The Morgan fingerprint density at radius 1 is 1.28 bits per heavy atom. The van der Waals surface area contributed by atoms with Gasteiger partial charge < -0.3 is 14.8 Å². The lowest BCUT2D eigenvalue weighted by Crippen LogP contribution is -2.09. The molecule has 0 spiro atoms. The first kappa shape index (κ1) is 21.0. The minimum Gasteiger partial charge on any atom is -0.478 e. The van der Waals surface area contributed by atoms with Crippen molar-refractivity contribution in [2.45, 2.75) is 39.2 Å². The third kappa shape index (κ3) is 5.42. The van der Waals surface area contributed by atoms with Crippen LogP contribution in [-0.4, -0.2) is 31.7 Å². The molecule has 3 heterocycles. The number of carboxylic acids is 2. The van der Waals surface area contributed by atoms with Crippen LogP contribution in [0.15, 0.2) is 40.7 Å². The molecule has 6 nitrogen and oxygen atoms in total. The van der Waals surface area contributed by atoms with Gasteiger partial charge in [-0.1, -0.05) is 19.4 Å². The zero-order valence-electron chi connectivity index (χ0n) is 16.0. The largest absolute Gasteiger partial charge is 0.478 e. The molecule has 3 aromatic heterocycles. The van der Waals surface area contributed by atoms with Crippen LogP contribution < -0.4 is 0 Å². The lowest BCUT2D eigenvalue weighted by Gasteiger charge is -2.10. The van der Waals surface area contributed by atoms with Gasteiger partial charge in [0, 0.05) is 23.3 Å². The number of thiophene rings is 2. The van der Waals surface area contributed by atoms with Crippen molar-refractivity contribution in [3.63, 3.8) is 0 Å². The first-order chi connectivity index (χ1) is 14.0. The minimum atomic E-state index is -0.954. The summed E-state index contributed by atoms with van der Waals surface area (Å²) in [6.45, 7) is 2.57. The molecule has 0 saturated heterocycles. The van der Waals surface area contributed by atoms with Gasteiger partial charge in [0.15, 0.2) is 0 Å². The Morgan fingerprint density at radius 2 is 2.10 bits per heavy atom. The van der Waals surface area contributed by atoms with Gasteiger partial charge in [-0.15, -0.1) is 22.7 Å². The summed E-state index contributed by atoms with van der Waals surface area (Å²) in [5.41, 5.74) is 1.88. The van der Waals surface area contributed by atoms with Gasteiger partial charge in [0.1, 0.15) is 10.7 Å². The Bertz CT molecular complexity index is 1020. The molecule has 0 amide bonds. The number of aryl methyl sites for hydroxylation is 1. The fourth-order valence-corrected chi connectivity index (χ4v) is 4.45. The Kier molecular flexibility index (Phi) is 7.00. The molecular formula is C21H22N2O4S2. The number of nitrogens with zero attached hydrogens (tertiary/aromatic N) is 2. The number of carboxylic acid groups (broad SMARTS) is 2. The van der Waals surface area contributed by atoms with E-state index >= 15 is 0 Å². The minimum absolute atomic E-state index is 0.288. The van der Waals surface area contributed by atoms with Crippen LogP contribution in [0.1, 0.15) is 51.4 Å². The topological polar surface area (TPSA) is 92.4 Å². The van der Waals surface area contributed by atoms with Gasteiger partial charge in [-0.3, -0.25) is 0 Å². The first-order valence-corrected chi connectivity index (χ1v) is 11.0. The maximum atomic E-state index is 11.8. The molecule has 0 aliphatic carbocycles. The normalized spacial score (nSPS) is 11.7. The molecule has 2 N–H and O–H groups in total. The van der Waals surface area contributed by atoms with Crippen LogP contribution in [0.25, 0.3) is 6.08 Å². The highest BCUT2D eigenvalue weighted by Crippen LogP contribution is 2.21. The number of carbonyl (C=O) groups is 2. The zero-order valence-corrected chi connectivity index (χ0v) is 17.6. The molecule has 8 heteroatoms. The van der Waals surface area contributed by atoms with Crippen molar-refractivity contribution >= 4 is 40.7 Å². The second kappa shape index (κ2) is 9.67. The summed E-state index contributed by atoms with van der Waals surface area (Å²) in [5.74, 6) is -1.02. The Labute approximate surface area is 176 Å². The maximum absolute atomic E-state index is 11.8. The number of hydrogen-bond donors (Lipinski definition) is 2. The second-order valence-electron chi connectivity index (χ2n) is 6.64. The number of hydrogen-bond acceptors (Lipinski definition) is 5. The molecule has 0 bridgehead atoms. The van der Waals surface area contributed by atoms with Crippen molar-refractivity contribution < 1.29 is 19.8 Å². The zero-order chi connectivity index (χ0) is 20.8. The third-order valence-corrected chi connectivity index (χ3v) is 6.31. The van der Waals surface area contributed by atoms with Crippen LogP contribution in [0.3, 0.4) is 0 Å². The fourth-order valence-electron chi connectivity index (χ4n) is 2.98. The lowest BCUT2D eigenvalue weighted by molar-refractivity contribution is -0.132.